The fraction of sp³-hybridized carbons (Fsp3) is 0.278. The van der Waals surface area contributed by atoms with Gasteiger partial charge in [0.15, 0.2) is 5.78 Å². The average molecular weight is 284 g/mol. The number of aliphatic hydroxyl groups excluding tert-OH is 1. The van der Waals surface area contributed by atoms with Crippen molar-refractivity contribution in [2.24, 2.45) is 0 Å². The van der Waals surface area contributed by atoms with E-state index in [2.05, 4.69) is 6.07 Å². The Hall–Kier alpha value is -2.13. The highest BCUT2D eigenvalue weighted by Gasteiger charge is 2.10. The predicted octanol–water partition coefficient (Wildman–Crippen LogP) is 3.62. The average Bonchev–Trinajstić information content (AvgIpc) is 2.44. The summed E-state index contributed by atoms with van der Waals surface area (Å²) in [5, 5.41) is 10.2. The van der Waals surface area contributed by atoms with Crippen molar-refractivity contribution in [1.29, 1.82) is 0 Å². The lowest BCUT2D eigenvalue weighted by Gasteiger charge is -2.14. The Bertz CT molecular complexity index is 609. The lowest BCUT2D eigenvalue weighted by molar-refractivity contribution is 0.101. The van der Waals surface area contributed by atoms with E-state index in [1.54, 1.807) is 24.3 Å². The summed E-state index contributed by atoms with van der Waals surface area (Å²) in [5.74, 6) is 0.667. The first kappa shape index (κ1) is 15.3. The maximum atomic E-state index is 11.2. The van der Waals surface area contributed by atoms with Crippen molar-refractivity contribution >= 4 is 5.78 Å². The molecule has 0 radical (unpaired) electrons. The summed E-state index contributed by atoms with van der Waals surface area (Å²) in [6, 6.07) is 12.9. The predicted molar refractivity (Wildman–Crippen MR) is 82.8 cm³/mol. The van der Waals surface area contributed by atoms with Crippen molar-refractivity contribution in [1.82, 2.24) is 0 Å². The number of hydrogen-bond acceptors (Lipinski definition) is 3. The molecule has 0 saturated heterocycles. The second kappa shape index (κ2) is 6.55. The van der Waals surface area contributed by atoms with E-state index in [0.717, 1.165) is 16.7 Å². The van der Waals surface area contributed by atoms with E-state index in [1.807, 2.05) is 26.0 Å². The van der Waals surface area contributed by atoms with Crippen LogP contribution in [0.15, 0.2) is 42.5 Å². The molecule has 1 atom stereocenters. The van der Waals surface area contributed by atoms with Crippen LogP contribution in [0.1, 0.15) is 40.1 Å². The van der Waals surface area contributed by atoms with E-state index in [9.17, 15) is 9.90 Å². The van der Waals surface area contributed by atoms with E-state index in [-0.39, 0.29) is 12.4 Å². The molecule has 0 amide bonds. The standard InChI is InChI=1S/C18H20O3/c1-12-8-13(2)10-16(9-12)18(20)11-21-17-6-4-15(5-7-17)14(3)19/h4-10,18,20H,11H2,1-3H3. The Morgan fingerprint density at radius 3 is 2.19 bits per heavy atom. The van der Waals surface area contributed by atoms with Crippen LogP contribution in [0.25, 0.3) is 0 Å². The van der Waals surface area contributed by atoms with Gasteiger partial charge >= 0.3 is 0 Å². The Morgan fingerprint density at radius 2 is 1.67 bits per heavy atom. The number of aryl methyl sites for hydroxylation is 2. The van der Waals surface area contributed by atoms with Gasteiger partial charge in [-0.2, -0.15) is 0 Å². The molecular weight excluding hydrogens is 264 g/mol. The first-order valence-electron chi connectivity index (χ1n) is 6.96. The molecule has 3 heteroatoms. The van der Waals surface area contributed by atoms with E-state index in [1.165, 1.54) is 6.92 Å². The molecule has 0 aromatic heterocycles. The first-order chi connectivity index (χ1) is 9.95. The summed E-state index contributed by atoms with van der Waals surface area (Å²) >= 11 is 0. The zero-order chi connectivity index (χ0) is 15.4. The van der Waals surface area contributed by atoms with Gasteiger partial charge in [-0.1, -0.05) is 29.3 Å². The van der Waals surface area contributed by atoms with Crippen LogP contribution in [0.5, 0.6) is 5.75 Å². The quantitative estimate of drug-likeness (QED) is 0.853. The third-order valence-electron chi connectivity index (χ3n) is 3.30. The number of hydrogen-bond donors (Lipinski definition) is 1. The number of carbonyl (C=O) groups is 1. The molecule has 0 heterocycles. The molecule has 1 unspecified atom stereocenters. The Kier molecular flexibility index (Phi) is 4.76. The third kappa shape index (κ3) is 4.17. The Labute approximate surface area is 125 Å². The molecule has 3 nitrogen and oxygen atoms in total. The lowest BCUT2D eigenvalue weighted by atomic mass is 10.0. The summed E-state index contributed by atoms with van der Waals surface area (Å²) in [4.78, 5) is 11.2. The summed E-state index contributed by atoms with van der Waals surface area (Å²) in [7, 11) is 0. The fourth-order valence-electron chi connectivity index (χ4n) is 2.26. The highest BCUT2D eigenvalue weighted by molar-refractivity contribution is 5.94. The van der Waals surface area contributed by atoms with Crippen LogP contribution in [0, 0.1) is 13.8 Å². The number of aliphatic hydroxyl groups is 1. The third-order valence-corrected chi connectivity index (χ3v) is 3.30. The molecule has 2 aromatic rings. The van der Waals surface area contributed by atoms with Gasteiger partial charge in [0.1, 0.15) is 18.5 Å². The molecule has 1 N–H and O–H groups in total. The number of ketones is 1. The number of rotatable bonds is 5. The lowest BCUT2D eigenvalue weighted by Crippen LogP contribution is -2.10. The van der Waals surface area contributed by atoms with Gasteiger partial charge < -0.3 is 9.84 Å². The van der Waals surface area contributed by atoms with Gasteiger partial charge in [-0.15, -0.1) is 0 Å². The molecule has 0 aliphatic carbocycles. The van der Waals surface area contributed by atoms with Crippen LogP contribution in [-0.2, 0) is 0 Å². The van der Waals surface area contributed by atoms with E-state index >= 15 is 0 Å². The smallest absolute Gasteiger partial charge is 0.159 e. The summed E-state index contributed by atoms with van der Waals surface area (Å²) in [6.07, 6.45) is -0.670. The fourth-order valence-corrected chi connectivity index (χ4v) is 2.26. The SMILES string of the molecule is CC(=O)c1ccc(OCC(O)c2cc(C)cc(C)c2)cc1. The van der Waals surface area contributed by atoms with Crippen LogP contribution in [0.3, 0.4) is 0 Å². The van der Waals surface area contributed by atoms with Crippen molar-refractivity contribution < 1.29 is 14.6 Å². The van der Waals surface area contributed by atoms with Crippen LogP contribution < -0.4 is 4.74 Å². The number of ether oxygens (including phenoxy) is 1. The largest absolute Gasteiger partial charge is 0.491 e. The van der Waals surface area contributed by atoms with Gasteiger partial charge in [0.2, 0.25) is 0 Å². The number of carbonyl (C=O) groups excluding carboxylic acids is 1. The van der Waals surface area contributed by atoms with Gasteiger partial charge in [0, 0.05) is 5.56 Å². The summed E-state index contributed by atoms with van der Waals surface area (Å²) in [5.41, 5.74) is 3.75. The minimum Gasteiger partial charge on any atom is -0.491 e. The molecule has 110 valence electrons. The maximum Gasteiger partial charge on any atom is 0.159 e. The topological polar surface area (TPSA) is 46.5 Å². The molecule has 0 spiro atoms. The molecule has 2 aromatic carbocycles. The molecular formula is C18H20O3. The van der Waals surface area contributed by atoms with Crippen molar-refractivity contribution in [3.05, 3.63) is 64.7 Å². The van der Waals surface area contributed by atoms with Crippen LogP contribution in [0.2, 0.25) is 0 Å². The number of benzene rings is 2. The van der Waals surface area contributed by atoms with Gasteiger partial charge in [0.25, 0.3) is 0 Å². The van der Waals surface area contributed by atoms with Crippen molar-refractivity contribution in [2.75, 3.05) is 6.61 Å². The van der Waals surface area contributed by atoms with Gasteiger partial charge in [0.05, 0.1) is 0 Å². The maximum absolute atomic E-state index is 11.2. The van der Waals surface area contributed by atoms with Crippen molar-refractivity contribution in [2.45, 2.75) is 26.9 Å². The highest BCUT2D eigenvalue weighted by atomic mass is 16.5. The molecule has 0 bridgehead atoms. The normalized spacial score (nSPS) is 12.0. The van der Waals surface area contributed by atoms with Crippen molar-refractivity contribution in [3.8, 4) is 5.75 Å². The summed E-state index contributed by atoms with van der Waals surface area (Å²) in [6.45, 7) is 5.72. The highest BCUT2D eigenvalue weighted by Crippen LogP contribution is 2.19. The zero-order valence-corrected chi connectivity index (χ0v) is 12.6. The van der Waals surface area contributed by atoms with E-state index < -0.39 is 6.10 Å². The van der Waals surface area contributed by atoms with Gasteiger partial charge in [-0.05, 0) is 50.6 Å². The molecule has 2 rings (SSSR count). The second-order valence-electron chi connectivity index (χ2n) is 5.33. The minimum atomic E-state index is -0.670. The van der Waals surface area contributed by atoms with Crippen molar-refractivity contribution in [3.63, 3.8) is 0 Å². The zero-order valence-electron chi connectivity index (χ0n) is 12.6. The molecule has 21 heavy (non-hydrogen) atoms. The molecule has 0 aliphatic heterocycles. The Morgan fingerprint density at radius 1 is 1.10 bits per heavy atom. The van der Waals surface area contributed by atoms with E-state index in [4.69, 9.17) is 4.74 Å². The molecule has 0 fully saturated rings. The monoisotopic (exact) mass is 284 g/mol. The van der Waals surface area contributed by atoms with Crippen LogP contribution in [0.4, 0.5) is 0 Å². The summed E-state index contributed by atoms with van der Waals surface area (Å²) < 4.78 is 5.58. The van der Waals surface area contributed by atoms with Crippen LogP contribution >= 0.6 is 0 Å². The van der Waals surface area contributed by atoms with Gasteiger partial charge in [-0.3, -0.25) is 4.79 Å². The molecule has 0 saturated carbocycles. The second-order valence-corrected chi connectivity index (χ2v) is 5.33. The number of Topliss-reactive ketones (excluding diaryl/α,β-unsaturated/α-hetero) is 1. The minimum absolute atomic E-state index is 0.0248. The first-order valence-corrected chi connectivity index (χ1v) is 6.96. The van der Waals surface area contributed by atoms with E-state index in [0.29, 0.717) is 11.3 Å². The molecule has 0 aliphatic rings. The van der Waals surface area contributed by atoms with Gasteiger partial charge in [-0.25, -0.2) is 0 Å². The Balaban J connectivity index is 2.00. The van der Waals surface area contributed by atoms with Crippen LogP contribution in [-0.4, -0.2) is 17.5 Å².